The van der Waals surface area contributed by atoms with Crippen LogP contribution in [0.25, 0.3) is 0 Å². The molecule has 1 aliphatic rings. The van der Waals surface area contributed by atoms with E-state index in [0.717, 1.165) is 0 Å². The number of amides is 1. The topological polar surface area (TPSA) is 32.8 Å². The molecule has 1 saturated heterocycles. The van der Waals surface area contributed by atoms with Gasteiger partial charge in [0.05, 0.1) is 19.6 Å². The molecule has 1 aliphatic heterocycles. The summed E-state index contributed by atoms with van der Waals surface area (Å²) in [6.45, 7) is 0.811. The number of nitrogens with zero attached hydrogens (tertiary/aromatic N) is 2. The van der Waals surface area contributed by atoms with Gasteiger partial charge in [0, 0.05) is 26.2 Å². The number of halogens is 3. The molecule has 0 aromatic heterocycles. The van der Waals surface area contributed by atoms with Crippen molar-refractivity contribution in [3.8, 4) is 5.75 Å². The number of hydrogen-bond acceptors (Lipinski definition) is 3. The summed E-state index contributed by atoms with van der Waals surface area (Å²) in [5.74, 6) is 0.627. The number of ether oxygens (including phenoxy) is 1. The number of benzene rings is 1. The van der Waals surface area contributed by atoms with Crippen LogP contribution in [0.5, 0.6) is 5.75 Å². The van der Waals surface area contributed by atoms with Crippen molar-refractivity contribution in [1.29, 1.82) is 0 Å². The monoisotopic (exact) mass is 330 g/mol. The van der Waals surface area contributed by atoms with E-state index < -0.39 is 12.7 Å². The Morgan fingerprint density at radius 1 is 1.09 bits per heavy atom. The first-order chi connectivity index (χ1) is 10.9. The van der Waals surface area contributed by atoms with E-state index in [0.29, 0.717) is 31.8 Å². The second-order valence-corrected chi connectivity index (χ2v) is 5.54. The zero-order chi connectivity index (χ0) is 16.7. The smallest absolute Gasteiger partial charge is 0.401 e. The zero-order valence-corrected chi connectivity index (χ0v) is 12.9. The number of carbonyl (C=O) groups excluding carboxylic acids is 1. The lowest BCUT2D eigenvalue weighted by Gasteiger charge is -2.22. The Bertz CT molecular complexity index is 494. The summed E-state index contributed by atoms with van der Waals surface area (Å²) in [4.78, 5) is 15.1. The van der Waals surface area contributed by atoms with Crippen LogP contribution in [-0.2, 0) is 4.79 Å². The van der Waals surface area contributed by atoms with Gasteiger partial charge in [-0.2, -0.15) is 13.2 Å². The van der Waals surface area contributed by atoms with Crippen LogP contribution in [0.4, 0.5) is 13.2 Å². The summed E-state index contributed by atoms with van der Waals surface area (Å²) < 4.78 is 42.7. The van der Waals surface area contributed by atoms with Crippen molar-refractivity contribution < 1.29 is 22.7 Å². The lowest BCUT2D eigenvalue weighted by molar-refractivity contribution is -0.145. The van der Waals surface area contributed by atoms with Crippen LogP contribution >= 0.6 is 0 Å². The lowest BCUT2D eigenvalue weighted by atomic mass is 10.3. The highest BCUT2D eigenvalue weighted by Crippen LogP contribution is 2.17. The Kier molecular flexibility index (Phi) is 6.27. The molecule has 0 saturated carbocycles. The van der Waals surface area contributed by atoms with Crippen LogP contribution in [0.15, 0.2) is 30.3 Å². The highest BCUT2D eigenvalue weighted by molar-refractivity contribution is 5.76. The maximum Gasteiger partial charge on any atom is 0.401 e. The molecule has 1 aromatic rings. The number of hydrogen-bond donors (Lipinski definition) is 0. The number of carbonyl (C=O) groups is 1. The van der Waals surface area contributed by atoms with Crippen molar-refractivity contribution in [2.75, 3.05) is 39.3 Å². The van der Waals surface area contributed by atoms with Gasteiger partial charge in [0.2, 0.25) is 5.91 Å². The molecule has 1 amide bonds. The fraction of sp³-hybridized carbons (Fsp3) is 0.562. The maximum atomic E-state index is 12.4. The largest absolute Gasteiger partial charge is 0.493 e. The van der Waals surface area contributed by atoms with E-state index in [1.54, 1.807) is 4.90 Å². The van der Waals surface area contributed by atoms with Gasteiger partial charge in [0.15, 0.2) is 0 Å². The summed E-state index contributed by atoms with van der Waals surface area (Å²) in [5.41, 5.74) is 0. The van der Waals surface area contributed by atoms with Gasteiger partial charge in [-0.1, -0.05) is 18.2 Å². The molecular weight excluding hydrogens is 309 g/mol. The van der Waals surface area contributed by atoms with E-state index in [-0.39, 0.29) is 25.5 Å². The number of alkyl halides is 3. The van der Waals surface area contributed by atoms with Crippen LogP contribution in [0.1, 0.15) is 12.8 Å². The Hall–Kier alpha value is -1.76. The Labute approximate surface area is 133 Å². The molecule has 1 heterocycles. The average Bonchev–Trinajstić information content (AvgIpc) is 2.72. The summed E-state index contributed by atoms with van der Waals surface area (Å²) in [6, 6.07) is 9.20. The van der Waals surface area contributed by atoms with Gasteiger partial charge in [0.1, 0.15) is 5.75 Å². The van der Waals surface area contributed by atoms with E-state index >= 15 is 0 Å². The minimum absolute atomic E-state index is 0.0743. The van der Waals surface area contributed by atoms with Crippen LogP contribution in [0.3, 0.4) is 0 Å². The molecule has 1 aromatic carbocycles. The molecule has 7 heteroatoms. The summed E-state index contributed by atoms with van der Waals surface area (Å²) in [6.07, 6.45) is -3.40. The molecule has 23 heavy (non-hydrogen) atoms. The van der Waals surface area contributed by atoms with Gasteiger partial charge in [0.25, 0.3) is 0 Å². The number of rotatable bonds is 5. The van der Waals surface area contributed by atoms with E-state index in [1.807, 2.05) is 30.3 Å². The van der Waals surface area contributed by atoms with Gasteiger partial charge < -0.3 is 9.64 Å². The molecule has 2 rings (SSSR count). The summed E-state index contributed by atoms with van der Waals surface area (Å²) in [5, 5.41) is 0. The normalized spacial score (nSPS) is 16.9. The standard InChI is InChI=1S/C16H21F3N2O2/c17-16(18,19)13-20-8-4-9-21(11-10-20)15(22)7-12-23-14-5-2-1-3-6-14/h1-3,5-6H,4,7-13H2. The SMILES string of the molecule is O=C(CCOc1ccccc1)N1CCCN(CC(F)(F)F)CC1. The molecule has 0 aliphatic carbocycles. The quantitative estimate of drug-likeness (QED) is 0.832. The molecule has 0 N–H and O–H groups in total. The van der Waals surface area contributed by atoms with E-state index in [4.69, 9.17) is 4.74 Å². The molecule has 128 valence electrons. The fourth-order valence-electron chi connectivity index (χ4n) is 2.56. The van der Waals surface area contributed by atoms with Gasteiger partial charge in [-0.25, -0.2) is 0 Å². The van der Waals surface area contributed by atoms with Gasteiger partial charge in [-0.05, 0) is 18.6 Å². The van der Waals surface area contributed by atoms with Crippen molar-refractivity contribution in [2.24, 2.45) is 0 Å². The Morgan fingerprint density at radius 3 is 2.52 bits per heavy atom. The fourth-order valence-corrected chi connectivity index (χ4v) is 2.56. The molecule has 0 spiro atoms. The number of para-hydroxylation sites is 1. The maximum absolute atomic E-state index is 12.4. The molecule has 4 nitrogen and oxygen atoms in total. The average molecular weight is 330 g/mol. The van der Waals surface area contributed by atoms with Crippen LogP contribution in [0, 0.1) is 0 Å². The third kappa shape index (κ3) is 6.48. The van der Waals surface area contributed by atoms with E-state index in [9.17, 15) is 18.0 Å². The Morgan fingerprint density at radius 2 is 1.83 bits per heavy atom. The predicted octanol–water partition coefficient (Wildman–Crippen LogP) is 2.55. The first kappa shape index (κ1) is 17.6. The van der Waals surface area contributed by atoms with Crippen LogP contribution in [0.2, 0.25) is 0 Å². The van der Waals surface area contributed by atoms with Crippen molar-refractivity contribution >= 4 is 5.91 Å². The lowest BCUT2D eigenvalue weighted by Crippen LogP contribution is -2.38. The first-order valence-electron chi connectivity index (χ1n) is 7.69. The van der Waals surface area contributed by atoms with Gasteiger partial charge >= 0.3 is 6.18 Å². The van der Waals surface area contributed by atoms with Crippen molar-refractivity contribution in [2.45, 2.75) is 19.0 Å². The van der Waals surface area contributed by atoms with Crippen molar-refractivity contribution in [3.63, 3.8) is 0 Å². The molecular formula is C16H21F3N2O2. The second kappa shape index (κ2) is 8.19. The third-order valence-corrected chi connectivity index (χ3v) is 3.67. The van der Waals surface area contributed by atoms with Crippen molar-refractivity contribution in [3.05, 3.63) is 30.3 Å². The van der Waals surface area contributed by atoms with Gasteiger partial charge in [-0.3, -0.25) is 9.69 Å². The highest BCUT2D eigenvalue weighted by Gasteiger charge is 2.31. The third-order valence-electron chi connectivity index (χ3n) is 3.67. The van der Waals surface area contributed by atoms with E-state index in [1.165, 1.54) is 4.90 Å². The molecule has 0 bridgehead atoms. The molecule has 0 radical (unpaired) electrons. The summed E-state index contributed by atoms with van der Waals surface area (Å²) in [7, 11) is 0. The van der Waals surface area contributed by atoms with Crippen molar-refractivity contribution in [1.82, 2.24) is 9.80 Å². The van der Waals surface area contributed by atoms with Crippen LogP contribution in [-0.4, -0.2) is 61.2 Å². The predicted molar refractivity (Wildman–Crippen MR) is 80.2 cm³/mol. The summed E-state index contributed by atoms with van der Waals surface area (Å²) >= 11 is 0. The minimum atomic E-state index is -4.19. The minimum Gasteiger partial charge on any atom is -0.493 e. The zero-order valence-electron chi connectivity index (χ0n) is 12.9. The highest BCUT2D eigenvalue weighted by atomic mass is 19.4. The van der Waals surface area contributed by atoms with Crippen LogP contribution < -0.4 is 4.74 Å². The molecule has 1 fully saturated rings. The molecule has 0 unspecified atom stereocenters. The second-order valence-electron chi connectivity index (χ2n) is 5.54. The Balaban J connectivity index is 1.72. The molecule has 0 atom stereocenters. The first-order valence-corrected chi connectivity index (χ1v) is 7.69. The van der Waals surface area contributed by atoms with E-state index in [2.05, 4.69) is 0 Å². The van der Waals surface area contributed by atoms with Gasteiger partial charge in [-0.15, -0.1) is 0 Å².